The molecule has 0 saturated carbocycles. The molecule has 3 heteroatoms. The van der Waals surface area contributed by atoms with Gasteiger partial charge in [-0.3, -0.25) is 4.90 Å². The first-order valence-electron chi connectivity index (χ1n) is 6.86. The van der Waals surface area contributed by atoms with Gasteiger partial charge in [0, 0.05) is 23.4 Å². The topological polar surface area (TPSA) is 15.3 Å². The summed E-state index contributed by atoms with van der Waals surface area (Å²) in [5.41, 5.74) is 0.232. The van der Waals surface area contributed by atoms with Gasteiger partial charge in [-0.25, -0.2) is 0 Å². The summed E-state index contributed by atoms with van der Waals surface area (Å²) >= 11 is 2.10. The monoisotopic (exact) mass is 258 g/mol. The maximum absolute atomic E-state index is 3.62. The molecule has 2 nitrogen and oxygen atoms in total. The zero-order chi connectivity index (χ0) is 13.1. The van der Waals surface area contributed by atoms with Gasteiger partial charge in [0.05, 0.1) is 0 Å². The Balaban J connectivity index is 2.36. The molecule has 0 amide bonds. The highest BCUT2D eigenvalue weighted by atomic mass is 32.2. The average Bonchev–Trinajstić information content (AvgIpc) is 2.76. The number of nitrogens with one attached hydrogen (secondary N) is 1. The molecule has 17 heavy (non-hydrogen) atoms. The largest absolute Gasteiger partial charge is 0.312 e. The lowest BCUT2D eigenvalue weighted by Crippen LogP contribution is -2.47. The van der Waals surface area contributed by atoms with E-state index < -0.39 is 0 Å². The second-order valence-corrected chi connectivity index (χ2v) is 7.68. The van der Waals surface area contributed by atoms with Gasteiger partial charge in [0.25, 0.3) is 0 Å². The van der Waals surface area contributed by atoms with Crippen LogP contribution >= 0.6 is 11.8 Å². The van der Waals surface area contributed by atoms with Gasteiger partial charge >= 0.3 is 0 Å². The van der Waals surface area contributed by atoms with Crippen molar-refractivity contribution in [2.24, 2.45) is 5.92 Å². The number of nitrogens with zero attached hydrogens (tertiary/aromatic N) is 1. The van der Waals surface area contributed by atoms with Crippen molar-refractivity contribution in [3.63, 3.8) is 0 Å². The van der Waals surface area contributed by atoms with Crippen LogP contribution in [0.1, 0.15) is 41.0 Å². The van der Waals surface area contributed by atoms with Crippen LogP contribution in [0.5, 0.6) is 0 Å². The van der Waals surface area contributed by atoms with Gasteiger partial charge in [0.15, 0.2) is 0 Å². The molecular formula is C14H30N2S. The van der Waals surface area contributed by atoms with Crippen molar-refractivity contribution in [1.82, 2.24) is 10.2 Å². The molecule has 0 aliphatic carbocycles. The molecule has 0 aromatic rings. The van der Waals surface area contributed by atoms with E-state index in [4.69, 9.17) is 0 Å². The molecular weight excluding hydrogens is 228 g/mol. The number of hydrogen-bond acceptors (Lipinski definition) is 3. The Labute approximate surface area is 112 Å². The van der Waals surface area contributed by atoms with Gasteiger partial charge in [-0.2, -0.15) is 11.8 Å². The van der Waals surface area contributed by atoms with Crippen molar-refractivity contribution in [2.75, 3.05) is 25.1 Å². The van der Waals surface area contributed by atoms with Crippen molar-refractivity contribution in [3.8, 4) is 0 Å². The van der Waals surface area contributed by atoms with Gasteiger partial charge in [-0.1, -0.05) is 6.92 Å². The van der Waals surface area contributed by atoms with Crippen LogP contribution in [0.2, 0.25) is 0 Å². The SMILES string of the molecule is CC(CNC(C)(C)C)C(C)N(C)C1CCSC1. The Hall–Kier alpha value is 0.270. The minimum atomic E-state index is 0.232. The Morgan fingerprint density at radius 3 is 2.47 bits per heavy atom. The van der Waals surface area contributed by atoms with E-state index in [1.54, 1.807) is 0 Å². The van der Waals surface area contributed by atoms with Crippen molar-refractivity contribution >= 4 is 11.8 Å². The van der Waals surface area contributed by atoms with Crippen molar-refractivity contribution in [2.45, 2.75) is 58.7 Å². The third kappa shape index (κ3) is 5.19. The molecule has 1 rings (SSSR count). The second-order valence-electron chi connectivity index (χ2n) is 6.53. The van der Waals surface area contributed by atoms with Gasteiger partial charge in [0.2, 0.25) is 0 Å². The summed E-state index contributed by atoms with van der Waals surface area (Å²) in [4.78, 5) is 2.59. The average molecular weight is 258 g/mol. The van der Waals surface area contributed by atoms with E-state index in [0.29, 0.717) is 12.0 Å². The lowest BCUT2D eigenvalue weighted by atomic mass is 9.99. The van der Waals surface area contributed by atoms with Crippen LogP contribution in [-0.4, -0.2) is 47.6 Å². The van der Waals surface area contributed by atoms with Crippen molar-refractivity contribution in [1.29, 1.82) is 0 Å². The summed E-state index contributed by atoms with van der Waals surface area (Å²) in [5, 5.41) is 3.62. The van der Waals surface area contributed by atoms with Crippen LogP contribution in [0.4, 0.5) is 0 Å². The molecule has 0 radical (unpaired) electrons. The Kier molecular flexibility index (Phi) is 5.81. The van der Waals surface area contributed by atoms with Crippen molar-refractivity contribution < 1.29 is 0 Å². The molecule has 102 valence electrons. The van der Waals surface area contributed by atoms with E-state index in [0.717, 1.165) is 12.6 Å². The zero-order valence-electron chi connectivity index (χ0n) is 12.4. The predicted molar refractivity (Wildman–Crippen MR) is 79.9 cm³/mol. The Morgan fingerprint density at radius 2 is 2.00 bits per heavy atom. The molecule has 3 unspecified atom stereocenters. The number of rotatable bonds is 5. The summed E-state index contributed by atoms with van der Waals surface area (Å²) in [6.45, 7) is 12.6. The smallest absolute Gasteiger partial charge is 0.0194 e. The molecule has 1 fully saturated rings. The zero-order valence-corrected chi connectivity index (χ0v) is 13.2. The number of hydrogen-bond donors (Lipinski definition) is 1. The molecule has 1 aliphatic rings. The van der Waals surface area contributed by atoms with E-state index in [1.807, 2.05) is 0 Å². The van der Waals surface area contributed by atoms with E-state index in [-0.39, 0.29) is 5.54 Å². The van der Waals surface area contributed by atoms with Gasteiger partial charge in [-0.15, -0.1) is 0 Å². The highest BCUT2D eigenvalue weighted by Gasteiger charge is 2.26. The van der Waals surface area contributed by atoms with Crippen LogP contribution in [0, 0.1) is 5.92 Å². The molecule has 0 bridgehead atoms. The summed E-state index contributed by atoms with van der Waals surface area (Å²) in [6.07, 6.45) is 1.37. The minimum Gasteiger partial charge on any atom is -0.312 e. The van der Waals surface area contributed by atoms with Gasteiger partial charge < -0.3 is 5.32 Å². The highest BCUT2D eigenvalue weighted by molar-refractivity contribution is 7.99. The van der Waals surface area contributed by atoms with E-state index >= 15 is 0 Å². The molecule has 0 spiro atoms. The molecule has 0 aromatic heterocycles. The summed E-state index contributed by atoms with van der Waals surface area (Å²) < 4.78 is 0. The molecule has 1 heterocycles. The van der Waals surface area contributed by atoms with Gasteiger partial charge in [0.1, 0.15) is 0 Å². The third-order valence-corrected chi connectivity index (χ3v) is 5.05. The molecule has 3 atom stereocenters. The lowest BCUT2D eigenvalue weighted by molar-refractivity contribution is 0.148. The van der Waals surface area contributed by atoms with Crippen molar-refractivity contribution in [3.05, 3.63) is 0 Å². The second kappa shape index (κ2) is 6.44. The highest BCUT2D eigenvalue weighted by Crippen LogP contribution is 2.24. The standard InChI is InChI=1S/C14H30N2S/c1-11(9-15-14(3,4)5)12(2)16(6)13-7-8-17-10-13/h11-13,15H,7-10H2,1-6H3. The molecule has 1 saturated heterocycles. The fourth-order valence-electron chi connectivity index (χ4n) is 2.21. The molecule has 1 aliphatic heterocycles. The van der Waals surface area contributed by atoms with Crippen LogP contribution < -0.4 is 5.32 Å². The number of thioether (sulfide) groups is 1. The first-order chi connectivity index (χ1) is 7.81. The van der Waals surface area contributed by atoms with Crippen LogP contribution in [0.3, 0.4) is 0 Å². The first kappa shape index (κ1) is 15.3. The third-order valence-electron chi connectivity index (χ3n) is 3.90. The van der Waals surface area contributed by atoms with Crippen LogP contribution in [0.25, 0.3) is 0 Å². The summed E-state index contributed by atoms with van der Waals surface area (Å²) in [7, 11) is 2.30. The molecule has 1 N–H and O–H groups in total. The lowest BCUT2D eigenvalue weighted by Gasteiger charge is -2.35. The fourth-order valence-corrected chi connectivity index (χ4v) is 3.49. The van der Waals surface area contributed by atoms with E-state index in [2.05, 4.69) is 63.6 Å². The fraction of sp³-hybridized carbons (Fsp3) is 1.00. The summed E-state index contributed by atoms with van der Waals surface area (Å²) in [6, 6.07) is 1.46. The van der Waals surface area contributed by atoms with E-state index in [1.165, 1.54) is 17.9 Å². The maximum atomic E-state index is 3.62. The first-order valence-corrected chi connectivity index (χ1v) is 8.01. The normalized spacial score (nSPS) is 25.2. The Bertz CT molecular complexity index is 219. The minimum absolute atomic E-state index is 0.232. The molecule has 0 aromatic carbocycles. The quantitative estimate of drug-likeness (QED) is 0.816. The summed E-state index contributed by atoms with van der Waals surface area (Å²) in [5.74, 6) is 3.36. The maximum Gasteiger partial charge on any atom is 0.0194 e. The Morgan fingerprint density at radius 1 is 1.35 bits per heavy atom. The predicted octanol–water partition coefficient (Wildman–Crippen LogP) is 2.84. The van der Waals surface area contributed by atoms with Crippen LogP contribution in [0.15, 0.2) is 0 Å². The van der Waals surface area contributed by atoms with Gasteiger partial charge in [-0.05, 0) is 59.4 Å². The van der Waals surface area contributed by atoms with E-state index in [9.17, 15) is 0 Å². The van der Waals surface area contributed by atoms with Crippen LogP contribution in [-0.2, 0) is 0 Å².